The van der Waals surface area contributed by atoms with Gasteiger partial charge in [-0.2, -0.15) is 0 Å². The van der Waals surface area contributed by atoms with Gasteiger partial charge < -0.3 is 14.2 Å². The van der Waals surface area contributed by atoms with Gasteiger partial charge in [0.05, 0.1) is 6.61 Å². The van der Waals surface area contributed by atoms with E-state index in [9.17, 15) is 9.59 Å². The first-order valence-electron chi connectivity index (χ1n) is 31.8. The Morgan fingerprint density at radius 1 is 0.306 bits per heavy atom. The summed E-state index contributed by atoms with van der Waals surface area (Å²) in [4.78, 5) is 25.6. The van der Waals surface area contributed by atoms with Crippen LogP contribution in [-0.2, 0) is 23.8 Å². The molecule has 1 atom stereocenters. The quantitative estimate of drug-likeness (QED) is 0.0345. The van der Waals surface area contributed by atoms with Crippen LogP contribution in [0, 0.1) is 0 Å². The molecule has 5 heteroatoms. The zero-order chi connectivity index (χ0) is 52.0. The lowest BCUT2D eigenvalue weighted by Gasteiger charge is -2.18. The van der Waals surface area contributed by atoms with Gasteiger partial charge in [-0.3, -0.25) is 9.59 Å². The molecule has 0 aliphatic heterocycles. The lowest BCUT2D eigenvalue weighted by molar-refractivity contribution is -0.163. The molecule has 0 fully saturated rings. The fraction of sp³-hybridized carbons (Fsp3) is 0.821. The SMILES string of the molecule is CCCCC/C=C\C/C=C\C/C=C\CCCCCCCCC(=O)OCC(COCCCCCCCCCCCC/C=C\C/C=C\CCCCC)OC(=O)CCCCCCCCCCCCCCCCCCC. The van der Waals surface area contributed by atoms with Crippen molar-refractivity contribution in [2.24, 2.45) is 0 Å². The Bertz CT molecular complexity index is 1230. The maximum Gasteiger partial charge on any atom is 0.306 e. The molecule has 0 heterocycles. The molecular formula is C67H122O5. The molecule has 72 heavy (non-hydrogen) atoms. The number of ether oxygens (including phenoxy) is 3. The summed E-state index contributed by atoms with van der Waals surface area (Å²) in [5.74, 6) is -0.395. The highest BCUT2D eigenvalue weighted by Crippen LogP contribution is 2.17. The van der Waals surface area contributed by atoms with E-state index in [0.29, 0.717) is 19.4 Å². The summed E-state index contributed by atoms with van der Waals surface area (Å²) < 4.78 is 17.5. The van der Waals surface area contributed by atoms with Gasteiger partial charge in [0.1, 0.15) is 6.61 Å². The first-order valence-corrected chi connectivity index (χ1v) is 31.8. The lowest BCUT2D eigenvalue weighted by Crippen LogP contribution is -2.30. The highest BCUT2D eigenvalue weighted by atomic mass is 16.6. The van der Waals surface area contributed by atoms with Crippen molar-refractivity contribution >= 4 is 11.9 Å². The van der Waals surface area contributed by atoms with Crippen molar-refractivity contribution in [2.45, 2.75) is 335 Å². The molecular weight excluding hydrogens is 885 g/mol. The van der Waals surface area contributed by atoms with Crippen LogP contribution in [0.3, 0.4) is 0 Å². The van der Waals surface area contributed by atoms with Crippen molar-refractivity contribution in [1.82, 2.24) is 0 Å². The third-order valence-electron chi connectivity index (χ3n) is 14.0. The molecule has 0 N–H and O–H groups in total. The Kier molecular flexibility index (Phi) is 60.8. The summed E-state index contributed by atoms with van der Waals surface area (Å²) >= 11 is 0. The number of esters is 2. The molecule has 0 saturated carbocycles. The van der Waals surface area contributed by atoms with Gasteiger partial charge >= 0.3 is 11.9 Å². The van der Waals surface area contributed by atoms with Gasteiger partial charge in [-0.1, -0.05) is 287 Å². The first kappa shape index (κ1) is 69.6. The van der Waals surface area contributed by atoms with E-state index >= 15 is 0 Å². The molecule has 0 bridgehead atoms. The van der Waals surface area contributed by atoms with Gasteiger partial charge in [-0.05, 0) is 89.9 Å². The second kappa shape index (κ2) is 62.9. The Morgan fingerprint density at radius 2 is 0.583 bits per heavy atom. The van der Waals surface area contributed by atoms with Crippen molar-refractivity contribution in [3.8, 4) is 0 Å². The van der Waals surface area contributed by atoms with Crippen molar-refractivity contribution in [3.63, 3.8) is 0 Å². The molecule has 1 unspecified atom stereocenters. The minimum atomic E-state index is -0.544. The van der Waals surface area contributed by atoms with Crippen LogP contribution in [0.15, 0.2) is 60.8 Å². The van der Waals surface area contributed by atoms with Gasteiger partial charge in [-0.25, -0.2) is 0 Å². The van der Waals surface area contributed by atoms with E-state index in [1.54, 1.807) is 0 Å². The monoisotopic (exact) mass is 1010 g/mol. The normalized spacial score (nSPS) is 12.5. The van der Waals surface area contributed by atoms with Gasteiger partial charge in [0.2, 0.25) is 0 Å². The molecule has 5 nitrogen and oxygen atoms in total. The van der Waals surface area contributed by atoms with E-state index in [-0.39, 0.29) is 25.2 Å². The molecule has 420 valence electrons. The van der Waals surface area contributed by atoms with Crippen LogP contribution in [0.2, 0.25) is 0 Å². The number of allylic oxidation sites excluding steroid dienone is 10. The number of hydrogen-bond acceptors (Lipinski definition) is 5. The number of carbonyl (C=O) groups excluding carboxylic acids is 2. The number of rotatable bonds is 59. The summed E-state index contributed by atoms with van der Waals surface area (Å²) in [6, 6.07) is 0. The molecule has 0 spiro atoms. The third kappa shape index (κ3) is 60.2. The van der Waals surface area contributed by atoms with Gasteiger partial charge in [0.15, 0.2) is 6.10 Å². The van der Waals surface area contributed by atoms with Crippen LogP contribution in [0.5, 0.6) is 0 Å². The summed E-state index contributed by atoms with van der Waals surface area (Å²) in [5.41, 5.74) is 0. The van der Waals surface area contributed by atoms with Gasteiger partial charge in [0.25, 0.3) is 0 Å². The van der Waals surface area contributed by atoms with Crippen LogP contribution >= 0.6 is 0 Å². The van der Waals surface area contributed by atoms with Gasteiger partial charge in [-0.15, -0.1) is 0 Å². The number of hydrogen-bond donors (Lipinski definition) is 0. The average molecular weight is 1010 g/mol. The zero-order valence-corrected chi connectivity index (χ0v) is 48.5. The standard InChI is InChI=1S/C67H122O5/c1-4-7-10-13-16-19-22-25-28-31-33-35-38-41-44-47-50-53-56-59-62-70-63-65(72-67(69)61-58-55-52-49-46-43-40-36-30-27-24-21-18-15-12-9-6-3)64-71-66(68)60-57-54-51-48-45-42-39-37-34-32-29-26-23-20-17-14-11-8-5-2/h16-17,19-20,25-26,28-29,34,37,65H,4-15,18,21-24,27,30-33,35-36,38-64H2,1-3H3/b19-16-,20-17-,28-25-,29-26-,37-34-. The largest absolute Gasteiger partial charge is 0.462 e. The Balaban J connectivity index is 4.28. The number of unbranched alkanes of at least 4 members (excludes halogenated alkanes) is 38. The maximum absolute atomic E-state index is 12.9. The van der Waals surface area contributed by atoms with Crippen molar-refractivity contribution < 1.29 is 23.8 Å². The van der Waals surface area contributed by atoms with Crippen molar-refractivity contribution in [3.05, 3.63) is 60.8 Å². The Morgan fingerprint density at radius 3 is 0.958 bits per heavy atom. The highest BCUT2D eigenvalue weighted by Gasteiger charge is 2.18. The Hall–Kier alpha value is -2.40. The highest BCUT2D eigenvalue weighted by molar-refractivity contribution is 5.70. The van der Waals surface area contributed by atoms with E-state index in [2.05, 4.69) is 81.5 Å². The van der Waals surface area contributed by atoms with Crippen LogP contribution in [0.1, 0.15) is 329 Å². The second-order valence-electron chi connectivity index (χ2n) is 21.3. The van der Waals surface area contributed by atoms with Crippen LogP contribution < -0.4 is 0 Å². The maximum atomic E-state index is 12.9. The van der Waals surface area contributed by atoms with Crippen molar-refractivity contribution in [2.75, 3.05) is 19.8 Å². The van der Waals surface area contributed by atoms with E-state index in [0.717, 1.165) is 70.6 Å². The molecule has 0 radical (unpaired) electrons. The molecule has 0 aliphatic carbocycles. The fourth-order valence-corrected chi connectivity index (χ4v) is 9.26. The summed E-state index contributed by atoms with van der Waals surface area (Å²) in [7, 11) is 0. The minimum Gasteiger partial charge on any atom is -0.462 e. The first-order chi connectivity index (χ1) is 35.6. The minimum absolute atomic E-state index is 0.0800. The predicted octanol–water partition coefficient (Wildman–Crippen LogP) is 22.0. The zero-order valence-electron chi connectivity index (χ0n) is 48.5. The second-order valence-corrected chi connectivity index (χ2v) is 21.3. The summed E-state index contributed by atoms with van der Waals surface area (Å²) in [5, 5.41) is 0. The molecule has 0 rings (SSSR count). The fourth-order valence-electron chi connectivity index (χ4n) is 9.26. The van der Waals surface area contributed by atoms with E-state index in [1.807, 2.05) is 0 Å². The van der Waals surface area contributed by atoms with Crippen molar-refractivity contribution in [1.29, 1.82) is 0 Å². The van der Waals surface area contributed by atoms with E-state index < -0.39 is 6.10 Å². The molecule has 0 aliphatic rings. The predicted molar refractivity (Wildman–Crippen MR) is 316 cm³/mol. The third-order valence-corrected chi connectivity index (χ3v) is 14.0. The van der Waals surface area contributed by atoms with E-state index in [4.69, 9.17) is 14.2 Å². The molecule has 0 aromatic carbocycles. The number of carbonyl (C=O) groups is 2. The molecule has 0 aromatic heterocycles. The molecule has 0 aromatic rings. The average Bonchev–Trinajstić information content (AvgIpc) is 3.38. The van der Waals surface area contributed by atoms with Crippen LogP contribution in [-0.4, -0.2) is 37.9 Å². The Labute approximate surface area is 449 Å². The van der Waals surface area contributed by atoms with E-state index in [1.165, 1.54) is 225 Å². The van der Waals surface area contributed by atoms with Gasteiger partial charge in [0, 0.05) is 19.4 Å². The summed E-state index contributed by atoms with van der Waals surface area (Å²) in [6.07, 6.45) is 81.1. The summed E-state index contributed by atoms with van der Waals surface area (Å²) in [6.45, 7) is 7.82. The smallest absolute Gasteiger partial charge is 0.306 e. The van der Waals surface area contributed by atoms with Crippen LogP contribution in [0.4, 0.5) is 0 Å². The lowest BCUT2D eigenvalue weighted by atomic mass is 10.0. The van der Waals surface area contributed by atoms with Crippen LogP contribution in [0.25, 0.3) is 0 Å². The topological polar surface area (TPSA) is 61.8 Å². The molecule has 0 amide bonds. The molecule has 0 saturated heterocycles.